The topological polar surface area (TPSA) is 231 Å². The number of nitrogens with one attached hydrogen (secondary N) is 4. The first-order chi connectivity index (χ1) is 19.4. The SMILES string of the molecule is CSCCC(N)C(=O)NC(C(=O)NC(Cc1c[nH]c2ccccc12)C(=O)NC(CCCN=C(N)N)C(=O)O)C(C)C. The highest BCUT2D eigenvalue weighted by Gasteiger charge is 2.32. The molecule has 0 saturated heterocycles. The van der Waals surface area contributed by atoms with Gasteiger partial charge in [0.25, 0.3) is 0 Å². The summed E-state index contributed by atoms with van der Waals surface area (Å²) in [5.74, 6) is -2.68. The second kappa shape index (κ2) is 16.5. The fraction of sp³-hybridized carbons (Fsp3) is 0.519. The molecule has 0 fully saturated rings. The van der Waals surface area contributed by atoms with Gasteiger partial charge >= 0.3 is 5.97 Å². The Labute approximate surface area is 243 Å². The number of aliphatic carboxylic acids is 1. The Morgan fingerprint density at radius 2 is 1.68 bits per heavy atom. The third-order valence-corrected chi connectivity index (χ3v) is 7.15. The Bertz CT molecular complexity index is 1210. The van der Waals surface area contributed by atoms with Crippen molar-refractivity contribution in [2.75, 3.05) is 18.6 Å². The van der Waals surface area contributed by atoms with Crippen molar-refractivity contribution in [3.8, 4) is 0 Å². The number of H-pyrrole nitrogens is 1. The number of hydrogen-bond donors (Lipinski definition) is 8. The minimum Gasteiger partial charge on any atom is -0.480 e. The molecule has 13 nitrogen and oxygen atoms in total. The van der Waals surface area contributed by atoms with Crippen LogP contribution in [0.15, 0.2) is 35.5 Å². The van der Waals surface area contributed by atoms with E-state index < -0.39 is 47.9 Å². The zero-order chi connectivity index (χ0) is 30.5. The van der Waals surface area contributed by atoms with Crippen LogP contribution in [0.4, 0.5) is 0 Å². The molecule has 1 aromatic heterocycles. The summed E-state index contributed by atoms with van der Waals surface area (Å²) in [5, 5.41) is 18.6. The number of fused-ring (bicyclic) bond motifs is 1. The van der Waals surface area contributed by atoms with Crippen LogP contribution in [0.3, 0.4) is 0 Å². The van der Waals surface area contributed by atoms with Gasteiger partial charge in [0, 0.05) is 30.1 Å². The van der Waals surface area contributed by atoms with Crippen molar-refractivity contribution in [1.82, 2.24) is 20.9 Å². The van der Waals surface area contributed by atoms with Gasteiger partial charge in [-0.3, -0.25) is 19.4 Å². The highest BCUT2D eigenvalue weighted by atomic mass is 32.2. The summed E-state index contributed by atoms with van der Waals surface area (Å²) >= 11 is 1.56. The molecule has 1 aromatic carbocycles. The average molecular weight is 591 g/mol. The molecule has 14 heteroatoms. The number of carboxylic acids is 1. The zero-order valence-corrected chi connectivity index (χ0v) is 24.5. The van der Waals surface area contributed by atoms with Crippen LogP contribution in [-0.2, 0) is 25.6 Å². The molecule has 1 heterocycles. The third kappa shape index (κ3) is 10.6. The maximum Gasteiger partial charge on any atom is 0.326 e. The highest BCUT2D eigenvalue weighted by Crippen LogP contribution is 2.19. The number of para-hydroxylation sites is 1. The van der Waals surface area contributed by atoms with Crippen molar-refractivity contribution in [3.05, 3.63) is 36.0 Å². The third-order valence-electron chi connectivity index (χ3n) is 6.51. The van der Waals surface area contributed by atoms with Crippen LogP contribution in [0.1, 0.15) is 38.7 Å². The summed E-state index contributed by atoms with van der Waals surface area (Å²) in [6.07, 6.45) is 4.57. The number of benzene rings is 1. The molecule has 11 N–H and O–H groups in total. The number of aromatic amines is 1. The lowest BCUT2D eigenvalue weighted by Gasteiger charge is -2.27. The van der Waals surface area contributed by atoms with Crippen molar-refractivity contribution in [1.29, 1.82) is 0 Å². The van der Waals surface area contributed by atoms with Crippen molar-refractivity contribution in [2.24, 2.45) is 28.1 Å². The molecule has 0 aliphatic carbocycles. The van der Waals surface area contributed by atoms with Crippen LogP contribution in [-0.4, -0.2) is 82.5 Å². The summed E-state index contributed by atoms with van der Waals surface area (Å²) in [4.78, 5) is 58.5. The zero-order valence-electron chi connectivity index (χ0n) is 23.7. The summed E-state index contributed by atoms with van der Waals surface area (Å²) in [6.45, 7) is 3.74. The Balaban J connectivity index is 2.26. The number of carbonyl (C=O) groups excluding carboxylic acids is 3. The molecule has 2 aromatic rings. The maximum atomic E-state index is 13.5. The van der Waals surface area contributed by atoms with Gasteiger partial charge in [-0.15, -0.1) is 0 Å². The number of guanidine groups is 1. The van der Waals surface area contributed by atoms with E-state index in [1.54, 1.807) is 31.8 Å². The summed E-state index contributed by atoms with van der Waals surface area (Å²) < 4.78 is 0. The van der Waals surface area contributed by atoms with E-state index in [-0.39, 0.29) is 31.3 Å². The summed E-state index contributed by atoms with van der Waals surface area (Å²) in [6, 6.07) is 3.39. The van der Waals surface area contributed by atoms with Gasteiger partial charge in [0.1, 0.15) is 18.1 Å². The van der Waals surface area contributed by atoms with Gasteiger partial charge in [0.05, 0.1) is 6.04 Å². The maximum absolute atomic E-state index is 13.5. The van der Waals surface area contributed by atoms with Gasteiger partial charge in [0.15, 0.2) is 5.96 Å². The van der Waals surface area contributed by atoms with Crippen LogP contribution >= 0.6 is 11.8 Å². The fourth-order valence-corrected chi connectivity index (χ4v) is 4.69. The number of hydrogen-bond acceptors (Lipinski definition) is 7. The van der Waals surface area contributed by atoms with E-state index in [2.05, 4.69) is 25.9 Å². The quantitative estimate of drug-likeness (QED) is 0.0705. The Hall–Kier alpha value is -3.78. The van der Waals surface area contributed by atoms with Gasteiger partial charge < -0.3 is 43.2 Å². The van der Waals surface area contributed by atoms with Gasteiger partial charge in [-0.05, 0) is 48.8 Å². The van der Waals surface area contributed by atoms with E-state index in [9.17, 15) is 24.3 Å². The molecular formula is C27H42N8O5S. The predicted molar refractivity (Wildman–Crippen MR) is 161 cm³/mol. The van der Waals surface area contributed by atoms with Crippen LogP contribution in [0.5, 0.6) is 0 Å². The summed E-state index contributed by atoms with van der Waals surface area (Å²) in [5.41, 5.74) is 18.2. The molecule has 0 saturated carbocycles. The van der Waals surface area contributed by atoms with Crippen molar-refractivity contribution in [2.45, 2.75) is 63.7 Å². The molecule has 4 atom stereocenters. The average Bonchev–Trinajstić information content (AvgIpc) is 3.33. The van der Waals surface area contributed by atoms with E-state index in [0.29, 0.717) is 18.6 Å². The summed E-state index contributed by atoms with van der Waals surface area (Å²) in [7, 11) is 0. The molecule has 41 heavy (non-hydrogen) atoms. The largest absolute Gasteiger partial charge is 0.480 e. The molecule has 0 radical (unpaired) electrons. The number of rotatable bonds is 17. The number of nitrogens with two attached hydrogens (primary N) is 3. The van der Waals surface area contributed by atoms with Crippen LogP contribution in [0.2, 0.25) is 0 Å². The van der Waals surface area contributed by atoms with Crippen LogP contribution in [0.25, 0.3) is 10.9 Å². The number of aromatic nitrogens is 1. The van der Waals surface area contributed by atoms with Crippen LogP contribution in [0, 0.1) is 5.92 Å². The van der Waals surface area contributed by atoms with E-state index in [1.165, 1.54) is 0 Å². The smallest absolute Gasteiger partial charge is 0.326 e. The first-order valence-corrected chi connectivity index (χ1v) is 14.8. The van der Waals surface area contributed by atoms with E-state index >= 15 is 0 Å². The molecule has 4 unspecified atom stereocenters. The number of amides is 3. The van der Waals surface area contributed by atoms with E-state index in [4.69, 9.17) is 17.2 Å². The van der Waals surface area contributed by atoms with E-state index in [0.717, 1.165) is 16.5 Å². The first-order valence-electron chi connectivity index (χ1n) is 13.4. The number of carbonyl (C=O) groups is 4. The molecule has 0 bridgehead atoms. The van der Waals surface area contributed by atoms with Crippen LogP contribution < -0.4 is 33.2 Å². The van der Waals surface area contributed by atoms with Gasteiger partial charge in [0.2, 0.25) is 17.7 Å². The monoisotopic (exact) mass is 590 g/mol. The lowest BCUT2D eigenvalue weighted by molar-refractivity contribution is -0.142. The molecule has 3 amide bonds. The number of nitrogens with zero attached hydrogens (tertiary/aromatic N) is 1. The molecule has 2 rings (SSSR count). The fourth-order valence-electron chi connectivity index (χ4n) is 4.20. The van der Waals surface area contributed by atoms with Gasteiger partial charge in [-0.2, -0.15) is 11.8 Å². The lowest BCUT2D eigenvalue weighted by atomic mass is 10.00. The van der Waals surface area contributed by atoms with Crippen molar-refractivity contribution >= 4 is 52.3 Å². The molecule has 226 valence electrons. The standard InChI is InChI=1S/C27H42N8O5S/c1-15(2)22(35-23(36)18(28)10-12-41-3)25(38)34-21(13-16-14-32-19-8-5-4-7-17(16)19)24(37)33-20(26(39)40)9-6-11-31-27(29)30/h4-5,7-8,14-15,18,20-22,32H,6,9-13,28H2,1-3H3,(H,33,37)(H,34,38)(H,35,36)(H,39,40)(H4,29,30,31). The number of aliphatic imine (C=N–C) groups is 1. The molecule has 0 aliphatic rings. The normalized spacial score (nSPS) is 14.1. The predicted octanol–water partition coefficient (Wildman–Crippen LogP) is 0.0394. The van der Waals surface area contributed by atoms with Gasteiger partial charge in [-0.1, -0.05) is 32.0 Å². The Morgan fingerprint density at radius 3 is 2.32 bits per heavy atom. The van der Waals surface area contributed by atoms with E-state index in [1.807, 2.05) is 30.5 Å². The van der Waals surface area contributed by atoms with Gasteiger partial charge in [-0.25, -0.2) is 4.79 Å². The number of carboxylic acid groups (broad SMARTS) is 1. The lowest BCUT2D eigenvalue weighted by Crippen LogP contribution is -2.58. The molecule has 0 aliphatic heterocycles. The second-order valence-electron chi connectivity index (χ2n) is 10.1. The van der Waals surface area contributed by atoms with Crippen molar-refractivity contribution < 1.29 is 24.3 Å². The highest BCUT2D eigenvalue weighted by molar-refractivity contribution is 7.98. The minimum absolute atomic E-state index is 0.0736. The van der Waals surface area contributed by atoms with Crippen molar-refractivity contribution in [3.63, 3.8) is 0 Å². The molecular weight excluding hydrogens is 548 g/mol. The Morgan fingerprint density at radius 1 is 1.00 bits per heavy atom. The minimum atomic E-state index is -1.23. The number of thioether (sulfide) groups is 1. The Kier molecular flexibility index (Phi) is 13.4. The molecule has 0 spiro atoms. The first kappa shape index (κ1) is 33.4. The second-order valence-corrected chi connectivity index (χ2v) is 11.1.